The monoisotopic (exact) mass is 521 g/mol. The highest BCUT2D eigenvalue weighted by atomic mass is 16.6. The van der Waals surface area contributed by atoms with Gasteiger partial charge >= 0.3 is 5.97 Å². The zero-order valence-corrected chi connectivity index (χ0v) is 21.9. The molecule has 0 unspecified atom stereocenters. The van der Waals surface area contributed by atoms with Crippen LogP contribution in [0.5, 0.6) is 0 Å². The molecule has 2 heterocycles. The van der Waals surface area contributed by atoms with Crippen molar-refractivity contribution in [3.05, 3.63) is 96.2 Å². The number of para-hydroxylation sites is 1. The molecule has 0 radical (unpaired) electrons. The van der Waals surface area contributed by atoms with Crippen LogP contribution in [0, 0.1) is 0 Å². The van der Waals surface area contributed by atoms with E-state index in [1.807, 2.05) is 42.5 Å². The lowest BCUT2D eigenvalue weighted by Crippen LogP contribution is -2.45. The van der Waals surface area contributed by atoms with E-state index in [-0.39, 0.29) is 11.1 Å². The van der Waals surface area contributed by atoms with Crippen molar-refractivity contribution in [1.82, 2.24) is 9.88 Å². The fourth-order valence-corrected chi connectivity index (χ4v) is 4.66. The number of hydrogen-bond acceptors (Lipinski definition) is 6. The van der Waals surface area contributed by atoms with Crippen LogP contribution < -0.4 is 4.90 Å². The first-order valence-electron chi connectivity index (χ1n) is 12.5. The lowest BCUT2D eigenvalue weighted by molar-refractivity contribution is -0.153. The maximum Gasteiger partial charge on any atom is 0.326 e. The van der Waals surface area contributed by atoms with Gasteiger partial charge in [0, 0.05) is 11.6 Å². The number of nitrogens with zero attached hydrogens (tertiary/aromatic N) is 3. The predicted octanol–water partition coefficient (Wildman–Crippen LogP) is 4.87. The Bertz CT molecular complexity index is 1570. The number of ether oxygens (including phenoxy) is 1. The fourth-order valence-electron chi connectivity index (χ4n) is 4.66. The molecule has 3 aromatic carbocycles. The molecule has 8 nitrogen and oxygen atoms in total. The molecule has 3 amide bonds. The maximum absolute atomic E-state index is 13.8. The minimum Gasteiger partial charge on any atom is -0.459 e. The molecular formula is C31H27N3O5. The summed E-state index contributed by atoms with van der Waals surface area (Å²) in [6, 6.07) is 23.5. The molecular weight excluding hydrogens is 494 g/mol. The van der Waals surface area contributed by atoms with Crippen molar-refractivity contribution in [2.75, 3.05) is 18.0 Å². The number of carbonyl (C=O) groups excluding carboxylic acids is 4. The minimum absolute atomic E-state index is 0.244. The van der Waals surface area contributed by atoms with Gasteiger partial charge in [-0.25, -0.2) is 0 Å². The lowest BCUT2D eigenvalue weighted by Gasteiger charge is -2.27. The van der Waals surface area contributed by atoms with Gasteiger partial charge in [0.25, 0.3) is 11.8 Å². The standard InChI is InChI=1S/C31H27N3O5/c1-31(2,3)39-27(36)19-33(26(35)18-34-29(37)23-12-7-8-13-24(23)30(34)38)25-15-9-14-22-21(16-17-32-28(22)25)20-10-5-4-6-11-20/h4-17H,18-19H2,1-3H3. The first-order valence-corrected chi connectivity index (χ1v) is 12.5. The van der Waals surface area contributed by atoms with Crippen molar-refractivity contribution in [3.63, 3.8) is 0 Å². The summed E-state index contributed by atoms with van der Waals surface area (Å²) >= 11 is 0. The molecule has 1 aliphatic heterocycles. The van der Waals surface area contributed by atoms with Gasteiger partial charge in [0.05, 0.1) is 22.3 Å². The quantitative estimate of drug-likeness (QED) is 0.265. The molecule has 1 aliphatic rings. The molecule has 0 aliphatic carbocycles. The predicted molar refractivity (Wildman–Crippen MR) is 147 cm³/mol. The Morgan fingerprint density at radius 2 is 1.46 bits per heavy atom. The molecule has 0 saturated carbocycles. The van der Waals surface area contributed by atoms with Crippen LogP contribution in [0.15, 0.2) is 85.1 Å². The Kier molecular flexibility index (Phi) is 6.70. The summed E-state index contributed by atoms with van der Waals surface area (Å²) < 4.78 is 5.51. The van der Waals surface area contributed by atoms with E-state index in [1.165, 1.54) is 4.90 Å². The van der Waals surface area contributed by atoms with Crippen LogP contribution in [0.3, 0.4) is 0 Å². The molecule has 196 valence electrons. The second-order valence-corrected chi connectivity index (χ2v) is 10.2. The van der Waals surface area contributed by atoms with Crippen molar-refractivity contribution >= 4 is 40.3 Å². The molecule has 4 aromatic rings. The van der Waals surface area contributed by atoms with E-state index in [2.05, 4.69) is 4.98 Å². The van der Waals surface area contributed by atoms with E-state index in [0.717, 1.165) is 21.4 Å². The van der Waals surface area contributed by atoms with Crippen LogP contribution in [0.1, 0.15) is 41.5 Å². The average Bonchev–Trinajstić information content (AvgIpc) is 3.15. The molecule has 0 atom stereocenters. The average molecular weight is 522 g/mol. The van der Waals surface area contributed by atoms with E-state index < -0.39 is 42.4 Å². The van der Waals surface area contributed by atoms with Crippen LogP contribution in [0.25, 0.3) is 22.0 Å². The number of esters is 1. The Hall–Kier alpha value is -4.85. The Balaban J connectivity index is 1.55. The van der Waals surface area contributed by atoms with E-state index in [1.54, 1.807) is 63.4 Å². The van der Waals surface area contributed by atoms with E-state index in [9.17, 15) is 19.2 Å². The third kappa shape index (κ3) is 5.13. The van der Waals surface area contributed by atoms with Gasteiger partial charge in [-0.2, -0.15) is 0 Å². The summed E-state index contributed by atoms with van der Waals surface area (Å²) in [5.74, 6) is -2.35. The van der Waals surface area contributed by atoms with Crippen molar-refractivity contribution in [3.8, 4) is 11.1 Å². The highest BCUT2D eigenvalue weighted by molar-refractivity contribution is 6.23. The van der Waals surface area contributed by atoms with Crippen LogP contribution in [-0.4, -0.2) is 52.3 Å². The van der Waals surface area contributed by atoms with Crippen molar-refractivity contribution < 1.29 is 23.9 Å². The molecule has 1 aromatic heterocycles. The summed E-state index contributed by atoms with van der Waals surface area (Å²) in [7, 11) is 0. The molecule has 5 rings (SSSR count). The first-order chi connectivity index (χ1) is 18.6. The van der Waals surface area contributed by atoms with Gasteiger partial charge in [-0.1, -0.05) is 54.6 Å². The third-order valence-corrected chi connectivity index (χ3v) is 6.31. The van der Waals surface area contributed by atoms with Crippen LogP contribution >= 0.6 is 0 Å². The topological polar surface area (TPSA) is 96.9 Å². The zero-order valence-electron chi connectivity index (χ0n) is 21.9. The summed E-state index contributed by atoms with van der Waals surface area (Å²) in [5, 5.41) is 0.781. The number of aromatic nitrogens is 1. The Morgan fingerprint density at radius 1 is 0.821 bits per heavy atom. The number of benzene rings is 3. The van der Waals surface area contributed by atoms with Crippen molar-refractivity contribution in [2.24, 2.45) is 0 Å². The number of hydrogen-bond donors (Lipinski definition) is 0. The smallest absolute Gasteiger partial charge is 0.326 e. The van der Waals surface area contributed by atoms with Gasteiger partial charge in [-0.15, -0.1) is 0 Å². The van der Waals surface area contributed by atoms with Crippen LogP contribution in [0.4, 0.5) is 5.69 Å². The first kappa shape index (κ1) is 25.8. The molecule has 0 saturated heterocycles. The summed E-state index contributed by atoms with van der Waals surface area (Å²) in [4.78, 5) is 59.3. The number of fused-ring (bicyclic) bond motifs is 2. The number of anilines is 1. The minimum atomic E-state index is -0.772. The number of carbonyl (C=O) groups is 4. The van der Waals surface area contributed by atoms with Crippen molar-refractivity contribution in [2.45, 2.75) is 26.4 Å². The number of rotatable bonds is 6. The normalized spacial score (nSPS) is 12.9. The highest BCUT2D eigenvalue weighted by Crippen LogP contribution is 2.33. The molecule has 39 heavy (non-hydrogen) atoms. The fraction of sp³-hybridized carbons (Fsp3) is 0.194. The van der Waals surface area contributed by atoms with Gasteiger partial charge in [0.1, 0.15) is 18.7 Å². The SMILES string of the molecule is CC(C)(C)OC(=O)CN(C(=O)CN1C(=O)c2ccccc2C1=O)c1cccc2c(-c3ccccc3)ccnc12. The molecule has 0 bridgehead atoms. The third-order valence-electron chi connectivity index (χ3n) is 6.31. The van der Waals surface area contributed by atoms with E-state index >= 15 is 0 Å². The highest BCUT2D eigenvalue weighted by Gasteiger charge is 2.38. The number of amides is 3. The number of imide groups is 1. The Labute approximate surface area is 225 Å². The van der Waals surface area contributed by atoms with Gasteiger partial charge < -0.3 is 4.74 Å². The zero-order chi connectivity index (χ0) is 27.7. The van der Waals surface area contributed by atoms with Gasteiger partial charge in [0.2, 0.25) is 5.91 Å². The van der Waals surface area contributed by atoms with E-state index in [0.29, 0.717) is 11.2 Å². The maximum atomic E-state index is 13.8. The second-order valence-electron chi connectivity index (χ2n) is 10.2. The Morgan fingerprint density at radius 3 is 2.10 bits per heavy atom. The van der Waals surface area contributed by atoms with Gasteiger partial charge in [-0.05, 0) is 56.2 Å². The van der Waals surface area contributed by atoms with Gasteiger partial charge in [-0.3, -0.25) is 34.0 Å². The molecule has 0 spiro atoms. The summed E-state index contributed by atoms with van der Waals surface area (Å²) in [5.41, 5.74) is 2.47. The van der Waals surface area contributed by atoms with Gasteiger partial charge in [0.15, 0.2) is 0 Å². The summed E-state index contributed by atoms with van der Waals surface area (Å²) in [6.07, 6.45) is 1.65. The molecule has 8 heteroatoms. The number of pyridine rings is 1. The molecule has 0 fully saturated rings. The summed E-state index contributed by atoms with van der Waals surface area (Å²) in [6.45, 7) is 4.25. The van der Waals surface area contributed by atoms with Crippen LogP contribution in [0.2, 0.25) is 0 Å². The van der Waals surface area contributed by atoms with Crippen LogP contribution in [-0.2, 0) is 14.3 Å². The van der Waals surface area contributed by atoms with Crippen molar-refractivity contribution in [1.29, 1.82) is 0 Å². The second kappa shape index (κ2) is 10.1. The largest absolute Gasteiger partial charge is 0.459 e. The molecule has 0 N–H and O–H groups in total. The van der Waals surface area contributed by atoms with E-state index in [4.69, 9.17) is 4.74 Å². The lowest BCUT2D eigenvalue weighted by atomic mass is 10.0.